The molecule has 0 aliphatic heterocycles. The van der Waals surface area contributed by atoms with Gasteiger partial charge in [0.2, 0.25) is 0 Å². The largest absolute Gasteiger partial charge is 0.489 e. The summed E-state index contributed by atoms with van der Waals surface area (Å²) in [7, 11) is 0. The van der Waals surface area contributed by atoms with Gasteiger partial charge in [0.15, 0.2) is 5.58 Å². The summed E-state index contributed by atoms with van der Waals surface area (Å²) < 4.78 is 29.7. The van der Waals surface area contributed by atoms with Gasteiger partial charge in [-0.25, -0.2) is 9.18 Å². The van der Waals surface area contributed by atoms with Crippen molar-refractivity contribution in [2.24, 2.45) is 0 Å². The lowest BCUT2D eigenvalue weighted by atomic mass is 9.93. The number of nitrogens with one attached hydrogen (secondary N) is 2. The number of aromatic nitrogens is 1. The number of anilines is 1. The number of aliphatic hydroxyl groups excluding tert-OH is 1. The standard InChI is InChI=1S/C22H30FN3O5/c1-22(2,3)31-21(28)24-12-14(11-23)13-29-17-8-9-18-19(10-17)30-20(26-18)25-15-4-6-16(27)7-5-15/h8-11,15-16,27H,4-7,12-13H2,1-3H3,(H,24,28)(H,25,26). The molecule has 3 N–H and O–H groups in total. The Kier molecular flexibility index (Phi) is 7.37. The number of carbonyl (C=O) groups is 1. The van der Waals surface area contributed by atoms with E-state index in [-0.39, 0.29) is 30.9 Å². The van der Waals surface area contributed by atoms with Gasteiger partial charge in [-0.3, -0.25) is 0 Å². The second-order valence-corrected chi connectivity index (χ2v) is 8.71. The fourth-order valence-corrected chi connectivity index (χ4v) is 3.25. The zero-order chi connectivity index (χ0) is 22.4. The van der Waals surface area contributed by atoms with Gasteiger partial charge >= 0.3 is 6.09 Å². The highest BCUT2D eigenvalue weighted by Crippen LogP contribution is 2.27. The van der Waals surface area contributed by atoms with Gasteiger partial charge in [-0.2, -0.15) is 4.98 Å². The average molecular weight is 435 g/mol. The Morgan fingerprint density at radius 3 is 2.74 bits per heavy atom. The number of rotatable bonds is 7. The normalized spacial score (nSPS) is 19.8. The third-order valence-electron chi connectivity index (χ3n) is 4.82. The van der Waals surface area contributed by atoms with E-state index in [1.54, 1.807) is 39.0 Å². The van der Waals surface area contributed by atoms with Crippen LogP contribution in [-0.2, 0) is 4.74 Å². The first kappa shape index (κ1) is 22.9. The Labute approximate surface area is 180 Å². The molecule has 1 heterocycles. The van der Waals surface area contributed by atoms with Crippen molar-refractivity contribution in [2.45, 2.75) is 64.2 Å². The lowest BCUT2D eigenvalue weighted by molar-refractivity contribution is 0.0531. The maximum atomic E-state index is 13.2. The molecule has 0 unspecified atom stereocenters. The van der Waals surface area contributed by atoms with Crippen LogP contribution in [0.15, 0.2) is 34.5 Å². The number of ether oxygens (including phenoxy) is 2. The van der Waals surface area contributed by atoms with Crippen LogP contribution >= 0.6 is 0 Å². The van der Waals surface area contributed by atoms with Crippen molar-refractivity contribution in [2.75, 3.05) is 18.5 Å². The van der Waals surface area contributed by atoms with E-state index in [0.29, 0.717) is 29.2 Å². The molecule has 3 rings (SSSR count). The van der Waals surface area contributed by atoms with E-state index in [2.05, 4.69) is 15.6 Å². The van der Waals surface area contributed by atoms with E-state index in [1.807, 2.05) is 0 Å². The minimum absolute atomic E-state index is 0.0277. The Hall–Kier alpha value is -2.81. The number of oxazole rings is 1. The molecule has 170 valence electrons. The van der Waals surface area contributed by atoms with Gasteiger partial charge in [0.1, 0.15) is 23.5 Å². The monoisotopic (exact) mass is 435 g/mol. The zero-order valence-electron chi connectivity index (χ0n) is 18.1. The molecule has 1 aliphatic rings. The summed E-state index contributed by atoms with van der Waals surface area (Å²) in [5.74, 6) is 0.493. The van der Waals surface area contributed by atoms with Crippen molar-refractivity contribution < 1.29 is 28.2 Å². The van der Waals surface area contributed by atoms with Gasteiger partial charge in [0, 0.05) is 24.2 Å². The maximum absolute atomic E-state index is 13.2. The third-order valence-corrected chi connectivity index (χ3v) is 4.82. The Morgan fingerprint density at radius 2 is 2.06 bits per heavy atom. The highest BCUT2D eigenvalue weighted by molar-refractivity contribution is 5.76. The Bertz CT molecular complexity index is 913. The van der Waals surface area contributed by atoms with Gasteiger partial charge in [0.25, 0.3) is 6.01 Å². The number of alkyl carbamates (subject to hydrolysis) is 1. The van der Waals surface area contributed by atoms with Crippen molar-refractivity contribution in [3.63, 3.8) is 0 Å². The lowest BCUT2D eigenvalue weighted by Crippen LogP contribution is -2.34. The molecule has 1 aromatic heterocycles. The van der Waals surface area contributed by atoms with Crippen LogP contribution in [0.2, 0.25) is 0 Å². The quantitative estimate of drug-likeness (QED) is 0.595. The molecule has 1 aromatic carbocycles. The SMILES string of the molecule is CC(C)(C)OC(=O)NCC(=CF)COc1ccc2nc(NC3CCC(O)CC3)oc2c1. The summed E-state index contributed by atoms with van der Waals surface area (Å²) in [6.07, 6.45) is 2.83. The van der Waals surface area contributed by atoms with E-state index >= 15 is 0 Å². The molecule has 0 spiro atoms. The molecule has 1 fully saturated rings. The minimum atomic E-state index is -0.626. The molecule has 1 amide bonds. The highest BCUT2D eigenvalue weighted by atomic mass is 19.1. The summed E-state index contributed by atoms with van der Waals surface area (Å²) in [4.78, 5) is 16.1. The predicted molar refractivity (Wildman–Crippen MR) is 115 cm³/mol. The Balaban J connectivity index is 1.52. The highest BCUT2D eigenvalue weighted by Gasteiger charge is 2.21. The van der Waals surface area contributed by atoms with Gasteiger partial charge in [0.05, 0.1) is 12.4 Å². The summed E-state index contributed by atoms with van der Waals surface area (Å²) in [5.41, 5.74) is 0.857. The van der Waals surface area contributed by atoms with E-state index in [0.717, 1.165) is 25.7 Å². The van der Waals surface area contributed by atoms with Crippen LogP contribution < -0.4 is 15.4 Å². The van der Waals surface area contributed by atoms with E-state index in [1.165, 1.54) is 0 Å². The number of hydrogen-bond donors (Lipinski definition) is 3. The molecule has 1 aliphatic carbocycles. The number of hydrogen-bond acceptors (Lipinski definition) is 7. The minimum Gasteiger partial charge on any atom is -0.489 e. The van der Waals surface area contributed by atoms with E-state index < -0.39 is 11.7 Å². The van der Waals surface area contributed by atoms with Crippen molar-refractivity contribution in [3.05, 3.63) is 30.1 Å². The van der Waals surface area contributed by atoms with Crippen LogP contribution in [0, 0.1) is 0 Å². The van der Waals surface area contributed by atoms with Crippen molar-refractivity contribution in [3.8, 4) is 5.75 Å². The molecule has 0 radical (unpaired) electrons. The number of fused-ring (bicyclic) bond motifs is 1. The van der Waals surface area contributed by atoms with Crippen LogP contribution in [0.3, 0.4) is 0 Å². The summed E-state index contributed by atoms with van der Waals surface area (Å²) in [5, 5.41) is 15.4. The first-order valence-corrected chi connectivity index (χ1v) is 10.4. The molecular formula is C22H30FN3O5. The third kappa shape index (κ3) is 7.13. The van der Waals surface area contributed by atoms with Crippen LogP contribution in [0.1, 0.15) is 46.5 Å². The number of halogens is 1. The zero-order valence-corrected chi connectivity index (χ0v) is 18.1. The second-order valence-electron chi connectivity index (χ2n) is 8.71. The summed E-state index contributed by atoms with van der Waals surface area (Å²) >= 11 is 0. The molecule has 2 aromatic rings. The molecule has 9 heteroatoms. The molecule has 0 atom stereocenters. The van der Waals surface area contributed by atoms with Crippen molar-refractivity contribution >= 4 is 23.2 Å². The van der Waals surface area contributed by atoms with Crippen LogP contribution in [0.5, 0.6) is 5.75 Å². The first-order valence-electron chi connectivity index (χ1n) is 10.4. The maximum Gasteiger partial charge on any atom is 0.407 e. The lowest BCUT2D eigenvalue weighted by Gasteiger charge is -2.25. The number of carbonyl (C=O) groups excluding carboxylic acids is 1. The molecule has 31 heavy (non-hydrogen) atoms. The fraction of sp³-hybridized carbons (Fsp3) is 0.545. The molecule has 0 saturated heterocycles. The van der Waals surface area contributed by atoms with E-state index in [4.69, 9.17) is 13.9 Å². The van der Waals surface area contributed by atoms with Crippen LogP contribution in [0.25, 0.3) is 11.1 Å². The van der Waals surface area contributed by atoms with E-state index in [9.17, 15) is 14.3 Å². The van der Waals surface area contributed by atoms with Crippen molar-refractivity contribution in [1.29, 1.82) is 0 Å². The molecular weight excluding hydrogens is 405 g/mol. The van der Waals surface area contributed by atoms with Crippen LogP contribution in [-0.4, -0.2) is 47.1 Å². The predicted octanol–water partition coefficient (Wildman–Crippen LogP) is 4.30. The van der Waals surface area contributed by atoms with Gasteiger partial charge < -0.3 is 29.6 Å². The summed E-state index contributed by atoms with van der Waals surface area (Å²) in [6.45, 7) is 5.19. The fourth-order valence-electron chi connectivity index (χ4n) is 3.25. The number of amides is 1. The average Bonchev–Trinajstić information content (AvgIpc) is 3.10. The Morgan fingerprint density at radius 1 is 1.32 bits per heavy atom. The smallest absolute Gasteiger partial charge is 0.407 e. The summed E-state index contributed by atoms with van der Waals surface area (Å²) in [6, 6.07) is 5.83. The van der Waals surface area contributed by atoms with Gasteiger partial charge in [-0.1, -0.05) is 0 Å². The van der Waals surface area contributed by atoms with Gasteiger partial charge in [-0.15, -0.1) is 0 Å². The number of benzene rings is 1. The molecule has 1 saturated carbocycles. The number of nitrogens with zero attached hydrogens (tertiary/aromatic N) is 1. The second kappa shape index (κ2) is 10.00. The molecule has 0 bridgehead atoms. The van der Waals surface area contributed by atoms with Crippen molar-refractivity contribution in [1.82, 2.24) is 10.3 Å². The van der Waals surface area contributed by atoms with Crippen LogP contribution in [0.4, 0.5) is 15.2 Å². The first-order chi connectivity index (χ1) is 14.7. The molecule has 8 nitrogen and oxygen atoms in total. The van der Waals surface area contributed by atoms with Gasteiger partial charge in [-0.05, 0) is 58.6 Å². The number of aliphatic hydroxyl groups is 1. The topological polar surface area (TPSA) is 106 Å².